The highest BCUT2D eigenvalue weighted by Gasteiger charge is 2.13. The quantitative estimate of drug-likeness (QED) is 0.780. The van der Waals surface area contributed by atoms with Crippen molar-refractivity contribution in [3.63, 3.8) is 0 Å². The maximum Gasteiger partial charge on any atom is 0.242 e. The van der Waals surface area contributed by atoms with Crippen LogP contribution in [0.1, 0.15) is 5.56 Å². The average Bonchev–Trinajstić information content (AvgIpc) is 3.09. The molecule has 0 aliphatic carbocycles. The molecule has 0 fully saturated rings. The number of sulfonamides is 1. The largest absolute Gasteiger partial charge is 0.263 e. The minimum absolute atomic E-state index is 0.155. The number of nitrogens with one attached hydrogen (secondary N) is 1. The van der Waals surface area contributed by atoms with Gasteiger partial charge in [0.05, 0.1) is 10.6 Å². The first kappa shape index (κ1) is 14.8. The van der Waals surface area contributed by atoms with Crippen molar-refractivity contribution in [3.05, 3.63) is 65.9 Å². The fourth-order valence-electron chi connectivity index (χ4n) is 1.91. The molecule has 0 amide bonds. The molecule has 0 saturated carbocycles. The van der Waals surface area contributed by atoms with Gasteiger partial charge in [0.1, 0.15) is 4.90 Å². The lowest BCUT2D eigenvalue weighted by atomic mass is 10.2. The van der Waals surface area contributed by atoms with Crippen molar-refractivity contribution < 1.29 is 8.42 Å². The van der Waals surface area contributed by atoms with Gasteiger partial charge in [-0.1, -0.05) is 6.07 Å². The van der Waals surface area contributed by atoms with Crippen LogP contribution >= 0.6 is 11.3 Å². The smallest absolute Gasteiger partial charge is 0.242 e. The molecule has 0 bridgehead atoms. The molecule has 0 atom stereocenters. The molecule has 3 aromatic rings. The zero-order chi connectivity index (χ0) is 15.4. The molecule has 0 aliphatic rings. The third-order valence-corrected chi connectivity index (χ3v) is 5.29. The van der Waals surface area contributed by atoms with Crippen molar-refractivity contribution in [1.29, 1.82) is 0 Å². The van der Waals surface area contributed by atoms with E-state index in [1.807, 2.05) is 23.6 Å². The van der Waals surface area contributed by atoms with Crippen LogP contribution in [-0.4, -0.2) is 18.4 Å². The number of pyridine rings is 2. The van der Waals surface area contributed by atoms with Gasteiger partial charge in [-0.25, -0.2) is 13.1 Å². The number of hydrogen-bond acceptors (Lipinski definition) is 5. The fourth-order valence-corrected chi connectivity index (χ4v) is 3.58. The van der Waals surface area contributed by atoms with Crippen LogP contribution in [0.3, 0.4) is 0 Å². The Morgan fingerprint density at radius 3 is 2.77 bits per heavy atom. The van der Waals surface area contributed by atoms with E-state index in [1.165, 1.54) is 18.5 Å². The average molecular weight is 331 g/mol. The molecule has 3 aromatic heterocycles. The molecule has 0 unspecified atom stereocenters. The Hall–Kier alpha value is -2.09. The van der Waals surface area contributed by atoms with Crippen molar-refractivity contribution in [2.75, 3.05) is 0 Å². The maximum atomic E-state index is 12.2. The molecule has 112 valence electrons. The number of aromatic nitrogens is 2. The van der Waals surface area contributed by atoms with Crippen molar-refractivity contribution >= 4 is 21.4 Å². The third kappa shape index (κ3) is 3.38. The molecule has 3 rings (SSSR count). The predicted octanol–water partition coefficient (Wildman–Crippen LogP) is 2.68. The molecule has 0 spiro atoms. The minimum atomic E-state index is -3.56. The van der Waals surface area contributed by atoms with E-state index in [9.17, 15) is 8.42 Å². The van der Waals surface area contributed by atoms with E-state index in [4.69, 9.17) is 0 Å². The summed E-state index contributed by atoms with van der Waals surface area (Å²) in [4.78, 5) is 9.34. The number of thiophene rings is 1. The van der Waals surface area contributed by atoms with E-state index in [2.05, 4.69) is 14.7 Å². The highest BCUT2D eigenvalue weighted by Crippen LogP contribution is 2.23. The van der Waals surface area contributed by atoms with Crippen LogP contribution in [0.4, 0.5) is 0 Å². The first-order valence-corrected chi connectivity index (χ1v) is 8.90. The van der Waals surface area contributed by atoms with Gasteiger partial charge in [0.15, 0.2) is 0 Å². The monoisotopic (exact) mass is 331 g/mol. The Morgan fingerprint density at radius 2 is 2.05 bits per heavy atom. The summed E-state index contributed by atoms with van der Waals surface area (Å²) in [5, 5.41) is 1.98. The van der Waals surface area contributed by atoms with Gasteiger partial charge in [0.25, 0.3) is 0 Å². The zero-order valence-corrected chi connectivity index (χ0v) is 13.1. The van der Waals surface area contributed by atoms with Gasteiger partial charge in [-0.05, 0) is 41.3 Å². The van der Waals surface area contributed by atoms with Crippen LogP contribution in [0.15, 0.2) is 65.3 Å². The summed E-state index contributed by atoms with van der Waals surface area (Å²) in [5.41, 5.74) is 1.69. The van der Waals surface area contributed by atoms with Gasteiger partial charge in [-0.15, -0.1) is 11.3 Å². The van der Waals surface area contributed by atoms with E-state index < -0.39 is 10.0 Å². The second kappa shape index (κ2) is 6.35. The Bertz CT molecular complexity index is 848. The summed E-state index contributed by atoms with van der Waals surface area (Å²) in [6.45, 7) is 0.206. The second-order valence-corrected chi connectivity index (χ2v) is 7.25. The Morgan fingerprint density at radius 1 is 1.14 bits per heavy atom. The highest BCUT2D eigenvalue weighted by atomic mass is 32.2. The predicted molar refractivity (Wildman–Crippen MR) is 85.8 cm³/mol. The second-order valence-electron chi connectivity index (χ2n) is 4.54. The molecule has 5 nitrogen and oxygen atoms in total. The van der Waals surface area contributed by atoms with Gasteiger partial charge >= 0.3 is 0 Å². The van der Waals surface area contributed by atoms with Crippen molar-refractivity contribution in [2.24, 2.45) is 0 Å². The Kier molecular flexibility index (Phi) is 4.28. The zero-order valence-electron chi connectivity index (χ0n) is 11.5. The lowest BCUT2D eigenvalue weighted by molar-refractivity contribution is 0.581. The van der Waals surface area contributed by atoms with Crippen LogP contribution in [0.25, 0.3) is 10.6 Å². The normalized spacial score (nSPS) is 11.5. The maximum absolute atomic E-state index is 12.2. The van der Waals surface area contributed by atoms with E-state index in [-0.39, 0.29) is 11.4 Å². The fraction of sp³-hybridized carbons (Fsp3) is 0.0667. The summed E-state index contributed by atoms with van der Waals surface area (Å²) < 4.78 is 26.9. The molecule has 0 radical (unpaired) electrons. The van der Waals surface area contributed by atoms with Gasteiger partial charge in [0.2, 0.25) is 10.0 Å². The molecule has 22 heavy (non-hydrogen) atoms. The summed E-state index contributed by atoms with van der Waals surface area (Å²) >= 11 is 1.60. The standard InChI is InChI=1S/C15H13N3O2S2/c19-22(20,13-3-1-6-16-11-13)18-10-12-5-7-17-14(9-12)15-4-2-8-21-15/h1-9,11,18H,10H2. The van der Waals surface area contributed by atoms with Gasteiger partial charge in [-0.2, -0.15) is 0 Å². The summed E-state index contributed by atoms with van der Waals surface area (Å²) in [6, 6.07) is 10.7. The van der Waals surface area contributed by atoms with E-state index >= 15 is 0 Å². The Balaban J connectivity index is 1.76. The SMILES string of the molecule is O=S(=O)(NCc1ccnc(-c2cccs2)c1)c1cccnc1. The molecular weight excluding hydrogens is 318 g/mol. The highest BCUT2D eigenvalue weighted by molar-refractivity contribution is 7.89. The molecule has 0 saturated heterocycles. The first-order chi connectivity index (χ1) is 10.6. The molecular formula is C15H13N3O2S2. The van der Waals surface area contributed by atoms with Crippen molar-refractivity contribution in [1.82, 2.24) is 14.7 Å². The third-order valence-electron chi connectivity index (χ3n) is 3.01. The van der Waals surface area contributed by atoms with Gasteiger partial charge in [0, 0.05) is 25.1 Å². The van der Waals surface area contributed by atoms with E-state index in [1.54, 1.807) is 29.7 Å². The summed E-state index contributed by atoms with van der Waals surface area (Å²) in [5.74, 6) is 0. The number of rotatable bonds is 5. The molecule has 1 N–H and O–H groups in total. The lowest BCUT2D eigenvalue weighted by Crippen LogP contribution is -2.23. The number of hydrogen-bond donors (Lipinski definition) is 1. The molecule has 0 aliphatic heterocycles. The molecule has 3 heterocycles. The van der Waals surface area contributed by atoms with Crippen LogP contribution in [0.5, 0.6) is 0 Å². The van der Waals surface area contributed by atoms with E-state index in [0.29, 0.717) is 0 Å². The lowest BCUT2D eigenvalue weighted by Gasteiger charge is -2.07. The first-order valence-electron chi connectivity index (χ1n) is 6.54. The van der Waals surface area contributed by atoms with Crippen molar-refractivity contribution in [2.45, 2.75) is 11.4 Å². The van der Waals surface area contributed by atoms with Crippen LogP contribution in [-0.2, 0) is 16.6 Å². The van der Waals surface area contributed by atoms with Gasteiger partial charge in [-0.3, -0.25) is 9.97 Å². The number of nitrogens with zero attached hydrogens (tertiary/aromatic N) is 2. The Labute approximate surface area is 132 Å². The summed E-state index contributed by atoms with van der Waals surface area (Å²) in [6.07, 6.45) is 4.55. The topological polar surface area (TPSA) is 72.0 Å². The molecule has 7 heteroatoms. The van der Waals surface area contributed by atoms with Crippen LogP contribution in [0, 0.1) is 0 Å². The summed E-state index contributed by atoms with van der Waals surface area (Å²) in [7, 11) is -3.56. The van der Waals surface area contributed by atoms with E-state index in [0.717, 1.165) is 16.1 Å². The molecule has 0 aromatic carbocycles. The van der Waals surface area contributed by atoms with Crippen LogP contribution < -0.4 is 4.72 Å². The van der Waals surface area contributed by atoms with Crippen LogP contribution in [0.2, 0.25) is 0 Å². The van der Waals surface area contributed by atoms with Gasteiger partial charge < -0.3 is 0 Å². The minimum Gasteiger partial charge on any atom is -0.263 e. The van der Waals surface area contributed by atoms with Crippen molar-refractivity contribution in [3.8, 4) is 10.6 Å².